The number of anilines is 2. The highest BCUT2D eigenvalue weighted by molar-refractivity contribution is 7.14. The minimum absolute atomic E-state index is 0.0313. The van der Waals surface area contributed by atoms with Gasteiger partial charge < -0.3 is 20.3 Å². The first-order valence-electron chi connectivity index (χ1n) is 11.7. The summed E-state index contributed by atoms with van der Waals surface area (Å²) in [5, 5.41) is 8.86. The van der Waals surface area contributed by atoms with E-state index in [-0.39, 0.29) is 17.7 Å². The van der Waals surface area contributed by atoms with E-state index in [2.05, 4.69) is 46.5 Å². The van der Waals surface area contributed by atoms with Crippen LogP contribution < -0.4 is 10.6 Å². The number of amides is 2. The Morgan fingerprint density at radius 2 is 1.88 bits per heavy atom. The zero-order chi connectivity index (χ0) is 23.2. The van der Waals surface area contributed by atoms with Crippen molar-refractivity contribution in [3.8, 4) is 0 Å². The van der Waals surface area contributed by atoms with E-state index in [1.807, 2.05) is 11.0 Å². The lowest BCUT2D eigenvalue weighted by molar-refractivity contribution is -0.126. The van der Waals surface area contributed by atoms with Gasteiger partial charge in [0, 0.05) is 56.3 Å². The summed E-state index contributed by atoms with van der Waals surface area (Å²) in [6, 6.07) is 6.16. The average Bonchev–Trinajstić information content (AvgIpc) is 3.30. The predicted octanol–water partition coefficient (Wildman–Crippen LogP) is 2.80. The minimum Gasteiger partial charge on any atom is -0.379 e. The SMILES string of the molecule is Cc1ccc(Nc2nc(C(=O)N3CCC(C(=O)NCCN4CCOCC4)CC3)cs2)cc1C. The monoisotopic (exact) mass is 471 g/mol. The normalized spacial score (nSPS) is 17.7. The van der Waals surface area contributed by atoms with Crippen LogP contribution in [0.4, 0.5) is 10.8 Å². The first-order valence-corrected chi connectivity index (χ1v) is 12.5. The number of carbonyl (C=O) groups is 2. The van der Waals surface area contributed by atoms with Gasteiger partial charge in [0.15, 0.2) is 5.13 Å². The number of hydrogen-bond acceptors (Lipinski definition) is 7. The maximum Gasteiger partial charge on any atom is 0.273 e. The molecule has 2 aromatic rings. The molecule has 9 heteroatoms. The fourth-order valence-corrected chi connectivity index (χ4v) is 4.89. The molecule has 33 heavy (non-hydrogen) atoms. The van der Waals surface area contributed by atoms with Crippen molar-refractivity contribution >= 4 is 34.0 Å². The second-order valence-corrected chi connectivity index (χ2v) is 9.63. The van der Waals surface area contributed by atoms with Crippen LogP contribution in [0.25, 0.3) is 0 Å². The Kier molecular flexibility index (Phi) is 7.95. The molecule has 0 radical (unpaired) electrons. The summed E-state index contributed by atoms with van der Waals surface area (Å²) < 4.78 is 5.35. The van der Waals surface area contributed by atoms with E-state index in [1.165, 1.54) is 22.5 Å². The molecule has 0 bridgehead atoms. The molecule has 2 aliphatic heterocycles. The van der Waals surface area contributed by atoms with Gasteiger partial charge in [0.1, 0.15) is 5.69 Å². The molecule has 0 unspecified atom stereocenters. The molecular formula is C24H33N5O3S. The molecule has 2 amide bonds. The zero-order valence-corrected chi connectivity index (χ0v) is 20.2. The molecule has 0 aliphatic carbocycles. The third-order valence-electron chi connectivity index (χ3n) is 6.47. The minimum atomic E-state index is -0.0643. The largest absolute Gasteiger partial charge is 0.379 e. The standard InChI is InChI=1S/C24H33N5O3S/c1-17-3-4-20(15-18(17)2)26-24-27-21(16-33-24)23(31)29-8-5-19(6-9-29)22(30)25-7-10-28-11-13-32-14-12-28/h3-4,15-16,19H,5-14H2,1-2H3,(H,25,30)(H,26,27). The number of nitrogens with one attached hydrogen (secondary N) is 2. The van der Waals surface area contributed by atoms with Crippen LogP contribution in [0.2, 0.25) is 0 Å². The molecule has 2 saturated heterocycles. The molecule has 1 aromatic heterocycles. The third-order valence-corrected chi connectivity index (χ3v) is 7.22. The summed E-state index contributed by atoms with van der Waals surface area (Å²) >= 11 is 1.43. The lowest BCUT2D eigenvalue weighted by Gasteiger charge is -2.31. The summed E-state index contributed by atoms with van der Waals surface area (Å²) in [7, 11) is 0. The summed E-state index contributed by atoms with van der Waals surface area (Å²) in [6.45, 7) is 10.2. The van der Waals surface area contributed by atoms with Crippen molar-refractivity contribution in [2.75, 3.05) is 57.8 Å². The molecule has 0 saturated carbocycles. The van der Waals surface area contributed by atoms with Gasteiger partial charge in [-0.1, -0.05) is 6.07 Å². The molecule has 178 valence electrons. The maximum atomic E-state index is 12.9. The average molecular weight is 472 g/mol. The first kappa shape index (κ1) is 23.7. The molecule has 0 atom stereocenters. The molecule has 1 aromatic carbocycles. The molecule has 3 heterocycles. The Labute approximate surface area is 199 Å². The van der Waals surface area contributed by atoms with Crippen molar-refractivity contribution in [3.63, 3.8) is 0 Å². The second kappa shape index (κ2) is 11.1. The number of ether oxygens (including phenoxy) is 1. The number of aromatic nitrogens is 1. The second-order valence-electron chi connectivity index (χ2n) is 8.77. The van der Waals surface area contributed by atoms with Crippen LogP contribution in [0, 0.1) is 19.8 Å². The zero-order valence-electron chi connectivity index (χ0n) is 19.4. The quantitative estimate of drug-likeness (QED) is 0.646. The van der Waals surface area contributed by atoms with Crippen LogP contribution in [0.5, 0.6) is 0 Å². The van der Waals surface area contributed by atoms with Gasteiger partial charge >= 0.3 is 0 Å². The smallest absolute Gasteiger partial charge is 0.273 e. The fraction of sp³-hybridized carbons (Fsp3) is 0.542. The molecule has 0 spiro atoms. The number of rotatable bonds is 7. The van der Waals surface area contributed by atoms with Gasteiger partial charge in [-0.15, -0.1) is 11.3 Å². The van der Waals surface area contributed by atoms with Crippen LogP contribution in [0.3, 0.4) is 0 Å². The van der Waals surface area contributed by atoms with Gasteiger partial charge in [-0.3, -0.25) is 14.5 Å². The number of likely N-dealkylation sites (tertiary alicyclic amines) is 1. The number of carbonyl (C=O) groups excluding carboxylic acids is 2. The van der Waals surface area contributed by atoms with E-state index in [9.17, 15) is 9.59 Å². The Morgan fingerprint density at radius 1 is 1.12 bits per heavy atom. The predicted molar refractivity (Wildman–Crippen MR) is 130 cm³/mol. The Morgan fingerprint density at radius 3 is 2.61 bits per heavy atom. The summed E-state index contributed by atoms with van der Waals surface area (Å²) in [4.78, 5) is 34.1. The van der Waals surface area contributed by atoms with E-state index in [1.54, 1.807) is 5.38 Å². The van der Waals surface area contributed by atoms with E-state index in [4.69, 9.17) is 4.74 Å². The lowest BCUT2D eigenvalue weighted by atomic mass is 9.95. The van der Waals surface area contributed by atoms with Crippen molar-refractivity contribution in [2.24, 2.45) is 5.92 Å². The van der Waals surface area contributed by atoms with Crippen molar-refractivity contribution in [3.05, 3.63) is 40.4 Å². The number of piperidine rings is 1. The maximum absolute atomic E-state index is 12.9. The highest BCUT2D eigenvalue weighted by Crippen LogP contribution is 2.25. The van der Waals surface area contributed by atoms with Gasteiger partial charge in [0.2, 0.25) is 5.91 Å². The van der Waals surface area contributed by atoms with Gasteiger partial charge in [-0.25, -0.2) is 4.98 Å². The number of thiazole rings is 1. The molecular weight excluding hydrogens is 438 g/mol. The number of benzene rings is 1. The first-order chi connectivity index (χ1) is 16.0. The van der Waals surface area contributed by atoms with Crippen LogP contribution >= 0.6 is 11.3 Å². The summed E-state index contributed by atoms with van der Waals surface area (Å²) in [5.74, 6) is 0.00522. The van der Waals surface area contributed by atoms with Crippen molar-refractivity contribution in [1.29, 1.82) is 0 Å². The van der Waals surface area contributed by atoms with Crippen LogP contribution in [-0.2, 0) is 9.53 Å². The third kappa shape index (κ3) is 6.31. The van der Waals surface area contributed by atoms with Crippen molar-refractivity contribution in [1.82, 2.24) is 20.1 Å². The topological polar surface area (TPSA) is 86.8 Å². The Hall–Kier alpha value is -2.49. The van der Waals surface area contributed by atoms with E-state index < -0.39 is 0 Å². The number of aryl methyl sites for hydroxylation is 2. The molecule has 8 nitrogen and oxygen atoms in total. The molecule has 2 fully saturated rings. The van der Waals surface area contributed by atoms with Crippen LogP contribution in [0.1, 0.15) is 34.5 Å². The van der Waals surface area contributed by atoms with Gasteiger partial charge in [-0.2, -0.15) is 0 Å². The lowest BCUT2D eigenvalue weighted by Crippen LogP contribution is -2.45. The molecule has 2 aliphatic rings. The van der Waals surface area contributed by atoms with E-state index in [0.717, 1.165) is 38.5 Å². The van der Waals surface area contributed by atoms with Crippen LogP contribution in [-0.4, -0.2) is 79.1 Å². The van der Waals surface area contributed by atoms with Crippen molar-refractivity contribution in [2.45, 2.75) is 26.7 Å². The Bertz CT molecular complexity index is 965. The highest BCUT2D eigenvalue weighted by Gasteiger charge is 2.28. The van der Waals surface area contributed by atoms with E-state index >= 15 is 0 Å². The van der Waals surface area contributed by atoms with Gasteiger partial charge in [0.05, 0.1) is 13.2 Å². The molecule has 2 N–H and O–H groups in total. The fourth-order valence-electron chi connectivity index (χ4n) is 4.19. The molecule has 4 rings (SSSR count). The van der Waals surface area contributed by atoms with Crippen molar-refractivity contribution < 1.29 is 14.3 Å². The van der Waals surface area contributed by atoms with Crippen LogP contribution in [0.15, 0.2) is 23.6 Å². The van der Waals surface area contributed by atoms with E-state index in [0.29, 0.717) is 43.3 Å². The Balaban J connectivity index is 1.22. The highest BCUT2D eigenvalue weighted by atomic mass is 32.1. The van der Waals surface area contributed by atoms with Gasteiger partial charge in [-0.05, 0) is 49.9 Å². The summed E-state index contributed by atoms with van der Waals surface area (Å²) in [6.07, 6.45) is 1.38. The number of morpholine rings is 1. The number of hydrogen-bond donors (Lipinski definition) is 2. The summed E-state index contributed by atoms with van der Waals surface area (Å²) in [5.41, 5.74) is 3.87. The number of nitrogens with zero attached hydrogens (tertiary/aromatic N) is 3. The van der Waals surface area contributed by atoms with Gasteiger partial charge in [0.25, 0.3) is 5.91 Å².